The van der Waals surface area contributed by atoms with E-state index in [0.717, 1.165) is 5.56 Å². The highest BCUT2D eigenvalue weighted by Gasteiger charge is 2.29. The van der Waals surface area contributed by atoms with E-state index >= 15 is 0 Å². The summed E-state index contributed by atoms with van der Waals surface area (Å²) < 4.78 is 1.60. The fraction of sp³-hybridized carbons (Fsp3) is 0.158. The van der Waals surface area contributed by atoms with E-state index in [9.17, 15) is 9.59 Å². The Morgan fingerprint density at radius 2 is 1.77 bits per heavy atom. The van der Waals surface area contributed by atoms with Crippen LogP contribution in [0.2, 0.25) is 0 Å². The van der Waals surface area contributed by atoms with Crippen molar-refractivity contribution < 1.29 is 9.59 Å². The number of hydrogen-bond acceptors (Lipinski definition) is 4. The molecule has 0 bridgehead atoms. The van der Waals surface area contributed by atoms with Gasteiger partial charge in [-0.3, -0.25) is 9.59 Å². The monoisotopic (exact) mass is 349 g/mol. The zero-order valence-corrected chi connectivity index (χ0v) is 14.5. The van der Waals surface area contributed by atoms with Gasteiger partial charge in [0.15, 0.2) is 11.5 Å². The molecular weight excluding hydrogens is 330 g/mol. The molecule has 1 aromatic carbocycles. The number of amides is 2. The van der Waals surface area contributed by atoms with Crippen LogP contribution in [0.1, 0.15) is 24.3 Å². The van der Waals surface area contributed by atoms with Gasteiger partial charge in [0.25, 0.3) is 5.91 Å². The lowest BCUT2D eigenvalue weighted by Crippen LogP contribution is -2.53. The summed E-state index contributed by atoms with van der Waals surface area (Å²) in [6, 6.07) is 16.7. The van der Waals surface area contributed by atoms with Crippen LogP contribution in [0.25, 0.3) is 17.1 Å². The van der Waals surface area contributed by atoms with Crippen molar-refractivity contribution in [1.29, 1.82) is 0 Å². The third-order valence-corrected chi connectivity index (χ3v) is 3.92. The van der Waals surface area contributed by atoms with E-state index in [0.29, 0.717) is 11.5 Å². The minimum Gasteiger partial charge on any atom is -0.368 e. The predicted molar refractivity (Wildman–Crippen MR) is 97.5 cm³/mol. The molecule has 0 spiro atoms. The molecule has 2 aromatic heterocycles. The predicted octanol–water partition coefficient (Wildman–Crippen LogP) is 1.93. The van der Waals surface area contributed by atoms with Gasteiger partial charge in [0.2, 0.25) is 5.91 Å². The summed E-state index contributed by atoms with van der Waals surface area (Å²) in [5.74, 6) is -0.529. The third-order valence-electron chi connectivity index (χ3n) is 3.92. The molecule has 0 aliphatic heterocycles. The van der Waals surface area contributed by atoms with Gasteiger partial charge in [-0.2, -0.15) is 5.10 Å². The Morgan fingerprint density at radius 3 is 2.38 bits per heavy atom. The SMILES string of the molecule is CC(C)(NC(=O)c1cc(-c2ccccc2)n(-c2ccccn2)n1)C(N)=O. The average molecular weight is 349 g/mol. The number of nitrogens with two attached hydrogens (primary N) is 1. The number of benzene rings is 1. The Labute approximate surface area is 150 Å². The van der Waals surface area contributed by atoms with Crippen molar-refractivity contribution in [2.45, 2.75) is 19.4 Å². The molecule has 7 heteroatoms. The minimum absolute atomic E-state index is 0.170. The Kier molecular flexibility index (Phi) is 4.53. The quantitative estimate of drug-likeness (QED) is 0.734. The molecule has 3 rings (SSSR count). The fourth-order valence-electron chi connectivity index (χ4n) is 2.37. The van der Waals surface area contributed by atoms with Gasteiger partial charge in [-0.25, -0.2) is 9.67 Å². The molecule has 0 fully saturated rings. The topological polar surface area (TPSA) is 103 Å². The number of rotatable bonds is 5. The van der Waals surface area contributed by atoms with Crippen molar-refractivity contribution in [3.8, 4) is 17.1 Å². The van der Waals surface area contributed by atoms with Crippen molar-refractivity contribution in [2.75, 3.05) is 0 Å². The van der Waals surface area contributed by atoms with Gasteiger partial charge in [-0.05, 0) is 32.0 Å². The first kappa shape index (κ1) is 17.3. The maximum atomic E-state index is 12.6. The molecule has 0 unspecified atom stereocenters. The maximum Gasteiger partial charge on any atom is 0.272 e. The first-order valence-electron chi connectivity index (χ1n) is 8.08. The highest BCUT2D eigenvalue weighted by atomic mass is 16.2. The van der Waals surface area contributed by atoms with E-state index in [1.54, 1.807) is 42.9 Å². The van der Waals surface area contributed by atoms with Gasteiger partial charge in [-0.15, -0.1) is 0 Å². The number of carbonyl (C=O) groups excluding carboxylic acids is 2. The van der Waals surface area contributed by atoms with E-state index < -0.39 is 17.4 Å². The van der Waals surface area contributed by atoms with Gasteiger partial charge in [-0.1, -0.05) is 36.4 Å². The number of pyridine rings is 1. The van der Waals surface area contributed by atoms with Crippen LogP contribution in [0.15, 0.2) is 60.8 Å². The standard InChI is InChI=1S/C19H19N5O2/c1-19(2,18(20)26)22-17(25)14-12-15(13-8-4-3-5-9-13)24(23-14)16-10-6-7-11-21-16/h3-12H,1-2H3,(H2,20,26)(H,22,25). The fourth-order valence-corrected chi connectivity index (χ4v) is 2.37. The molecule has 0 aliphatic rings. The number of hydrogen-bond donors (Lipinski definition) is 2. The molecule has 3 N–H and O–H groups in total. The number of carbonyl (C=O) groups is 2. The van der Waals surface area contributed by atoms with E-state index in [1.807, 2.05) is 36.4 Å². The van der Waals surface area contributed by atoms with E-state index in [1.165, 1.54) is 0 Å². The summed E-state index contributed by atoms with van der Waals surface area (Å²) in [6.45, 7) is 3.09. The summed E-state index contributed by atoms with van der Waals surface area (Å²) in [4.78, 5) is 28.4. The molecule has 2 amide bonds. The maximum absolute atomic E-state index is 12.6. The lowest BCUT2D eigenvalue weighted by Gasteiger charge is -2.21. The molecule has 0 radical (unpaired) electrons. The van der Waals surface area contributed by atoms with Crippen LogP contribution in [-0.4, -0.2) is 32.1 Å². The molecule has 7 nitrogen and oxygen atoms in total. The normalized spacial score (nSPS) is 11.2. The summed E-state index contributed by atoms with van der Waals surface area (Å²) >= 11 is 0. The summed E-state index contributed by atoms with van der Waals surface area (Å²) in [5.41, 5.74) is 5.92. The molecule has 132 valence electrons. The van der Waals surface area contributed by atoms with Crippen molar-refractivity contribution in [2.24, 2.45) is 5.73 Å². The van der Waals surface area contributed by atoms with Crippen LogP contribution in [-0.2, 0) is 4.79 Å². The Hall–Kier alpha value is -3.48. The second kappa shape index (κ2) is 6.79. The Bertz CT molecular complexity index is 876. The highest BCUT2D eigenvalue weighted by Crippen LogP contribution is 2.23. The van der Waals surface area contributed by atoms with Gasteiger partial charge in [0, 0.05) is 11.8 Å². The Morgan fingerprint density at radius 1 is 1.08 bits per heavy atom. The smallest absolute Gasteiger partial charge is 0.272 e. The lowest BCUT2D eigenvalue weighted by molar-refractivity contribution is -0.122. The van der Waals surface area contributed by atoms with Gasteiger partial charge < -0.3 is 11.1 Å². The van der Waals surface area contributed by atoms with Crippen molar-refractivity contribution in [1.82, 2.24) is 20.1 Å². The Balaban J connectivity index is 2.05. The first-order valence-corrected chi connectivity index (χ1v) is 8.08. The molecule has 0 saturated heterocycles. The largest absolute Gasteiger partial charge is 0.368 e. The molecule has 2 heterocycles. The second-order valence-corrected chi connectivity index (χ2v) is 6.32. The van der Waals surface area contributed by atoms with Crippen molar-refractivity contribution >= 4 is 11.8 Å². The summed E-state index contributed by atoms with van der Waals surface area (Å²) in [5, 5.41) is 7.00. The van der Waals surface area contributed by atoms with Gasteiger partial charge in [0.05, 0.1) is 5.69 Å². The van der Waals surface area contributed by atoms with Gasteiger partial charge >= 0.3 is 0 Å². The van der Waals surface area contributed by atoms with Crippen LogP contribution in [0.4, 0.5) is 0 Å². The molecule has 0 saturated carbocycles. The van der Waals surface area contributed by atoms with E-state index in [-0.39, 0.29) is 5.69 Å². The van der Waals surface area contributed by atoms with Crippen LogP contribution in [0.3, 0.4) is 0 Å². The minimum atomic E-state index is -1.18. The third kappa shape index (κ3) is 3.46. The number of primary amides is 1. The van der Waals surface area contributed by atoms with Crippen molar-refractivity contribution in [3.63, 3.8) is 0 Å². The van der Waals surface area contributed by atoms with Crippen LogP contribution < -0.4 is 11.1 Å². The second-order valence-electron chi connectivity index (χ2n) is 6.32. The van der Waals surface area contributed by atoms with Crippen molar-refractivity contribution in [3.05, 3.63) is 66.5 Å². The van der Waals surface area contributed by atoms with E-state index in [2.05, 4.69) is 15.4 Å². The van der Waals surface area contributed by atoms with Crippen LogP contribution >= 0.6 is 0 Å². The van der Waals surface area contributed by atoms with E-state index in [4.69, 9.17) is 5.73 Å². The molecule has 0 aliphatic carbocycles. The molecular formula is C19H19N5O2. The molecule has 0 atom stereocenters. The van der Waals surface area contributed by atoms with Gasteiger partial charge in [0.1, 0.15) is 5.54 Å². The molecule has 3 aromatic rings. The number of aromatic nitrogens is 3. The summed E-state index contributed by atoms with van der Waals surface area (Å²) in [6.07, 6.45) is 1.65. The number of nitrogens with one attached hydrogen (secondary N) is 1. The lowest BCUT2D eigenvalue weighted by atomic mass is 10.0. The van der Waals surface area contributed by atoms with Crippen LogP contribution in [0, 0.1) is 0 Å². The number of nitrogens with zero attached hydrogens (tertiary/aromatic N) is 3. The van der Waals surface area contributed by atoms with Crippen LogP contribution in [0.5, 0.6) is 0 Å². The molecule has 26 heavy (non-hydrogen) atoms. The zero-order chi connectivity index (χ0) is 18.7. The first-order chi connectivity index (χ1) is 12.4. The average Bonchev–Trinajstić information content (AvgIpc) is 3.08. The highest BCUT2D eigenvalue weighted by molar-refractivity contribution is 5.98. The summed E-state index contributed by atoms with van der Waals surface area (Å²) in [7, 11) is 0. The zero-order valence-electron chi connectivity index (χ0n) is 14.5.